The molecule has 0 saturated heterocycles. The third-order valence-corrected chi connectivity index (χ3v) is 3.22. The molecule has 3 nitrogen and oxygen atoms in total. The number of nitrogens with zero attached hydrogens (tertiary/aromatic N) is 1. The van der Waals surface area contributed by atoms with Crippen molar-refractivity contribution in [3.63, 3.8) is 0 Å². The third-order valence-electron chi connectivity index (χ3n) is 1.89. The highest BCUT2D eigenvalue weighted by atomic mass is 79.9. The molecular weight excluding hydrogens is 284 g/mol. The average molecular weight is 291 g/mol. The highest BCUT2D eigenvalue weighted by Gasteiger charge is 2.09. The van der Waals surface area contributed by atoms with E-state index in [0.29, 0.717) is 22.1 Å². The number of nitrogens with one attached hydrogen (secondary N) is 1. The maximum atomic E-state index is 13.3. The number of benzene rings is 1. The van der Waals surface area contributed by atoms with Gasteiger partial charge in [0.15, 0.2) is 0 Å². The van der Waals surface area contributed by atoms with Crippen LogP contribution in [0.25, 0.3) is 11.3 Å². The number of anilines is 1. The van der Waals surface area contributed by atoms with Crippen molar-refractivity contribution in [1.29, 1.82) is 0 Å². The van der Waals surface area contributed by atoms with Crippen molar-refractivity contribution < 1.29 is 4.39 Å². The first-order valence-electron chi connectivity index (χ1n) is 4.03. The summed E-state index contributed by atoms with van der Waals surface area (Å²) in [5, 5.41) is 6.73. The van der Waals surface area contributed by atoms with Crippen LogP contribution in [0.2, 0.25) is 5.02 Å². The number of halogens is 3. The van der Waals surface area contributed by atoms with Crippen molar-refractivity contribution in [2.45, 2.75) is 0 Å². The lowest BCUT2D eigenvalue weighted by Crippen LogP contribution is -1.84. The number of aromatic amines is 1. The zero-order valence-electron chi connectivity index (χ0n) is 7.39. The van der Waals surface area contributed by atoms with E-state index in [1.165, 1.54) is 6.07 Å². The number of nitrogen functional groups attached to an aromatic ring is 1. The zero-order valence-corrected chi connectivity index (χ0v) is 9.73. The molecule has 0 unspecified atom stereocenters. The quantitative estimate of drug-likeness (QED) is 0.792. The Kier molecular flexibility index (Phi) is 2.67. The largest absolute Gasteiger partial charge is 0.382 e. The van der Waals surface area contributed by atoms with Gasteiger partial charge < -0.3 is 5.73 Å². The van der Waals surface area contributed by atoms with Crippen LogP contribution in [0.3, 0.4) is 0 Å². The van der Waals surface area contributed by atoms with Gasteiger partial charge in [-0.25, -0.2) is 4.39 Å². The van der Waals surface area contributed by atoms with Gasteiger partial charge in [0.25, 0.3) is 0 Å². The van der Waals surface area contributed by atoms with Gasteiger partial charge in [0.1, 0.15) is 11.6 Å². The van der Waals surface area contributed by atoms with Crippen LogP contribution >= 0.6 is 27.5 Å². The van der Waals surface area contributed by atoms with Crippen LogP contribution in [-0.2, 0) is 0 Å². The SMILES string of the molecule is Nc1cc(-c2cc(F)c(Br)c(Cl)c2)[nH]n1. The molecule has 2 rings (SSSR count). The van der Waals surface area contributed by atoms with Gasteiger partial charge in [-0.15, -0.1) is 0 Å². The van der Waals surface area contributed by atoms with Gasteiger partial charge in [0.2, 0.25) is 0 Å². The second-order valence-corrected chi connectivity index (χ2v) is 4.16. The first-order valence-corrected chi connectivity index (χ1v) is 5.21. The van der Waals surface area contributed by atoms with E-state index in [4.69, 9.17) is 17.3 Å². The molecule has 1 heterocycles. The Hall–Kier alpha value is -1.07. The molecule has 0 bridgehead atoms. The number of H-pyrrole nitrogens is 1. The molecular formula is C9H6BrClFN3. The van der Waals surface area contributed by atoms with E-state index in [1.807, 2.05) is 0 Å². The summed E-state index contributed by atoms with van der Waals surface area (Å²) in [5.74, 6) is -0.0740. The molecule has 0 fully saturated rings. The average Bonchev–Trinajstić information content (AvgIpc) is 2.60. The van der Waals surface area contributed by atoms with Crippen LogP contribution in [0.1, 0.15) is 0 Å². The summed E-state index contributed by atoms with van der Waals surface area (Å²) in [5.41, 5.74) is 6.67. The van der Waals surface area contributed by atoms with Gasteiger partial charge in [0, 0.05) is 11.6 Å². The lowest BCUT2D eigenvalue weighted by Gasteiger charge is -2.02. The fourth-order valence-corrected chi connectivity index (χ4v) is 1.63. The van der Waals surface area contributed by atoms with Crippen LogP contribution in [0, 0.1) is 5.82 Å². The second-order valence-electron chi connectivity index (χ2n) is 2.96. The molecule has 6 heteroatoms. The van der Waals surface area contributed by atoms with Crippen LogP contribution in [0.15, 0.2) is 22.7 Å². The topological polar surface area (TPSA) is 54.7 Å². The van der Waals surface area contributed by atoms with Crippen LogP contribution in [0.5, 0.6) is 0 Å². The van der Waals surface area contributed by atoms with Gasteiger partial charge in [-0.3, -0.25) is 5.10 Å². The fourth-order valence-electron chi connectivity index (χ4n) is 1.20. The summed E-state index contributed by atoms with van der Waals surface area (Å²) in [7, 11) is 0. The smallest absolute Gasteiger partial charge is 0.145 e. The minimum atomic E-state index is -0.425. The van der Waals surface area contributed by atoms with Crippen LogP contribution in [0.4, 0.5) is 10.2 Å². The normalized spacial score (nSPS) is 10.6. The fraction of sp³-hybridized carbons (Fsp3) is 0. The van der Waals surface area contributed by atoms with Gasteiger partial charge in [-0.1, -0.05) is 11.6 Å². The van der Waals surface area contributed by atoms with Gasteiger partial charge in [-0.05, 0) is 28.1 Å². The maximum absolute atomic E-state index is 13.3. The predicted molar refractivity (Wildman–Crippen MR) is 61.1 cm³/mol. The van der Waals surface area contributed by atoms with Gasteiger partial charge in [-0.2, -0.15) is 5.10 Å². The molecule has 78 valence electrons. The predicted octanol–water partition coefficient (Wildman–Crippen LogP) is 3.21. The maximum Gasteiger partial charge on any atom is 0.145 e. The zero-order chi connectivity index (χ0) is 11.0. The Morgan fingerprint density at radius 2 is 2.13 bits per heavy atom. The van der Waals surface area contributed by atoms with Crippen molar-refractivity contribution in [2.75, 3.05) is 5.73 Å². The lowest BCUT2D eigenvalue weighted by molar-refractivity contribution is 0.621. The molecule has 0 atom stereocenters. The summed E-state index contributed by atoms with van der Waals surface area (Å²) in [6.07, 6.45) is 0. The summed E-state index contributed by atoms with van der Waals surface area (Å²) in [4.78, 5) is 0. The van der Waals surface area contributed by atoms with Gasteiger partial charge >= 0.3 is 0 Å². The number of rotatable bonds is 1. The Labute approximate surface area is 98.6 Å². The molecule has 0 aliphatic carbocycles. The molecule has 0 saturated carbocycles. The second kappa shape index (κ2) is 3.83. The number of hydrogen-bond acceptors (Lipinski definition) is 2. The molecule has 15 heavy (non-hydrogen) atoms. The molecule has 0 aliphatic rings. The van der Waals surface area contributed by atoms with Crippen LogP contribution in [-0.4, -0.2) is 10.2 Å². The number of nitrogens with two attached hydrogens (primary N) is 1. The number of hydrogen-bond donors (Lipinski definition) is 2. The molecule has 0 spiro atoms. The molecule has 0 aliphatic heterocycles. The van der Waals surface area contributed by atoms with Gasteiger partial charge in [0.05, 0.1) is 15.2 Å². The van der Waals surface area contributed by atoms with Crippen molar-refractivity contribution in [1.82, 2.24) is 10.2 Å². The molecule has 1 aromatic heterocycles. The summed E-state index contributed by atoms with van der Waals surface area (Å²) in [6.45, 7) is 0. The summed E-state index contributed by atoms with van der Waals surface area (Å²) < 4.78 is 13.6. The molecule has 0 amide bonds. The van der Waals surface area contributed by atoms with E-state index in [-0.39, 0.29) is 4.47 Å². The Balaban J connectivity index is 2.55. The van der Waals surface area contributed by atoms with Crippen molar-refractivity contribution in [2.24, 2.45) is 0 Å². The van der Waals surface area contributed by atoms with E-state index < -0.39 is 5.82 Å². The minimum Gasteiger partial charge on any atom is -0.382 e. The van der Waals surface area contributed by atoms with E-state index in [9.17, 15) is 4.39 Å². The monoisotopic (exact) mass is 289 g/mol. The number of aromatic nitrogens is 2. The Morgan fingerprint density at radius 1 is 1.40 bits per heavy atom. The van der Waals surface area contributed by atoms with E-state index in [1.54, 1.807) is 12.1 Å². The van der Waals surface area contributed by atoms with E-state index in [0.717, 1.165) is 0 Å². The molecule has 1 aromatic carbocycles. The lowest BCUT2D eigenvalue weighted by atomic mass is 10.1. The first kappa shape index (κ1) is 10.4. The molecule has 3 N–H and O–H groups in total. The Morgan fingerprint density at radius 3 is 2.67 bits per heavy atom. The van der Waals surface area contributed by atoms with Crippen molar-refractivity contribution >= 4 is 33.3 Å². The molecule has 0 radical (unpaired) electrons. The van der Waals surface area contributed by atoms with E-state index >= 15 is 0 Å². The first-order chi connectivity index (χ1) is 7.08. The summed E-state index contributed by atoms with van der Waals surface area (Å²) >= 11 is 8.86. The third kappa shape index (κ3) is 1.98. The minimum absolute atomic E-state index is 0.250. The highest BCUT2D eigenvalue weighted by molar-refractivity contribution is 9.10. The molecule has 2 aromatic rings. The highest BCUT2D eigenvalue weighted by Crippen LogP contribution is 2.31. The Bertz CT molecular complexity index is 489. The summed E-state index contributed by atoms with van der Waals surface area (Å²) in [6, 6.07) is 4.59. The van der Waals surface area contributed by atoms with Crippen molar-refractivity contribution in [3.05, 3.63) is 33.5 Å². The van der Waals surface area contributed by atoms with Crippen LogP contribution < -0.4 is 5.73 Å². The standard InChI is InChI=1S/C9H6BrClFN3/c10-9-5(11)1-4(2-6(9)12)7-3-8(13)15-14-7/h1-3H,(H3,13,14,15). The van der Waals surface area contributed by atoms with Crippen molar-refractivity contribution in [3.8, 4) is 11.3 Å². The van der Waals surface area contributed by atoms with E-state index in [2.05, 4.69) is 26.1 Å².